The Hall–Kier alpha value is -3.24. The highest BCUT2D eigenvalue weighted by atomic mass is 19.1. The molecule has 4 heterocycles. The van der Waals surface area contributed by atoms with Crippen molar-refractivity contribution in [3.8, 4) is 0 Å². The number of piperidine rings is 2. The highest BCUT2D eigenvalue weighted by Crippen LogP contribution is 2.40. The first-order valence-corrected chi connectivity index (χ1v) is 14.6. The maximum Gasteiger partial charge on any atom is 0.410 e. The van der Waals surface area contributed by atoms with Gasteiger partial charge in [0, 0.05) is 38.3 Å². The number of hydrogen-bond acceptors (Lipinski definition) is 7. The lowest BCUT2D eigenvalue weighted by molar-refractivity contribution is 0.0186. The number of pyridine rings is 1. The second kappa shape index (κ2) is 13.2. The van der Waals surface area contributed by atoms with Crippen LogP contribution < -0.4 is 10.6 Å². The number of ether oxygens (including phenoxy) is 1. The molecule has 0 aromatic carbocycles. The fourth-order valence-electron chi connectivity index (χ4n) is 6.01. The Kier molecular flexibility index (Phi) is 9.86. The molecule has 1 saturated carbocycles. The molecule has 4 aliphatic rings. The van der Waals surface area contributed by atoms with Crippen molar-refractivity contribution in [3.05, 3.63) is 60.1 Å². The summed E-state index contributed by atoms with van der Waals surface area (Å²) >= 11 is 0. The molecular formula is C31H44FN5O4. The molecule has 4 atom stereocenters. The Morgan fingerprint density at radius 3 is 2.59 bits per heavy atom. The minimum Gasteiger partial charge on any atom is -0.444 e. The Morgan fingerprint density at radius 2 is 1.98 bits per heavy atom. The van der Waals surface area contributed by atoms with Gasteiger partial charge in [0.05, 0.1) is 17.9 Å². The van der Waals surface area contributed by atoms with Crippen LogP contribution in [0, 0.1) is 11.7 Å². The molecule has 3 aliphatic heterocycles. The zero-order valence-electron chi connectivity index (χ0n) is 24.5. The van der Waals surface area contributed by atoms with Crippen molar-refractivity contribution in [2.24, 2.45) is 5.92 Å². The van der Waals surface area contributed by atoms with Gasteiger partial charge in [-0.3, -0.25) is 4.79 Å². The summed E-state index contributed by atoms with van der Waals surface area (Å²) in [6.07, 6.45) is 8.13. The maximum absolute atomic E-state index is 14.4. The molecule has 3 N–H and O–H groups in total. The third kappa shape index (κ3) is 7.74. The van der Waals surface area contributed by atoms with Crippen molar-refractivity contribution in [2.75, 3.05) is 38.0 Å². The first kappa shape index (κ1) is 30.7. The summed E-state index contributed by atoms with van der Waals surface area (Å²) in [5.74, 6) is -0.394. The van der Waals surface area contributed by atoms with Crippen LogP contribution >= 0.6 is 0 Å². The SMILES string of the molecule is C=CC1=C(C=C)CNCC1.CC(C)(C)OC(=O)N1CC2CC1CC2Nc1cc(C(=O)N2CCCC(O)C2)c(F)cn1. The number of anilines is 1. The molecule has 1 aromatic rings. The van der Waals surface area contributed by atoms with E-state index in [1.165, 1.54) is 22.1 Å². The lowest BCUT2D eigenvalue weighted by Gasteiger charge is -2.33. The van der Waals surface area contributed by atoms with E-state index in [-0.39, 0.29) is 36.2 Å². The van der Waals surface area contributed by atoms with Crippen molar-refractivity contribution in [2.45, 2.75) is 76.7 Å². The summed E-state index contributed by atoms with van der Waals surface area (Å²) in [6.45, 7) is 16.4. The van der Waals surface area contributed by atoms with E-state index < -0.39 is 23.4 Å². The fraction of sp³-hybridized carbons (Fsp3) is 0.581. The van der Waals surface area contributed by atoms with Crippen molar-refractivity contribution in [3.63, 3.8) is 0 Å². The number of β-amino-alcohol motifs (C(OH)–C–C–N with tert-alkyl or cyclic N) is 1. The first-order chi connectivity index (χ1) is 19.5. The second-order valence-electron chi connectivity index (χ2n) is 12.3. The molecule has 2 bridgehead atoms. The van der Waals surface area contributed by atoms with Gasteiger partial charge in [0.2, 0.25) is 0 Å². The summed E-state index contributed by atoms with van der Waals surface area (Å²) in [5, 5.41) is 16.4. The normalized spacial score (nSPS) is 25.8. The van der Waals surface area contributed by atoms with E-state index in [0.717, 1.165) is 38.5 Å². The molecule has 1 aromatic heterocycles. The van der Waals surface area contributed by atoms with E-state index in [2.05, 4.69) is 28.8 Å². The minimum atomic E-state index is -0.667. The number of aromatic nitrogens is 1. The molecule has 4 unspecified atom stereocenters. The Morgan fingerprint density at radius 1 is 1.22 bits per heavy atom. The number of carbonyl (C=O) groups excluding carboxylic acids is 2. The number of nitrogens with zero attached hydrogens (tertiary/aromatic N) is 3. The van der Waals surface area contributed by atoms with E-state index in [9.17, 15) is 19.1 Å². The van der Waals surface area contributed by atoms with Gasteiger partial charge in [0.1, 0.15) is 11.4 Å². The largest absolute Gasteiger partial charge is 0.444 e. The summed E-state index contributed by atoms with van der Waals surface area (Å²) < 4.78 is 19.9. The standard InChI is InChI=1S/C22H31FN4O4.C9H13N/c1-22(2,3)31-21(30)27-11-13-7-14(27)8-18(13)25-19-9-16(17(23)10-24-19)20(29)26-6-4-5-15(28)12-26;1-3-8-5-6-10-7-9(8)4-2/h9-10,13-15,18,28H,4-8,11-12H2,1-3H3,(H,24,25);3-4,10H,1-2,5-7H2. The topological polar surface area (TPSA) is 107 Å². The van der Waals surface area contributed by atoms with E-state index in [4.69, 9.17) is 4.74 Å². The summed E-state index contributed by atoms with van der Waals surface area (Å²) in [4.78, 5) is 32.6. The molecule has 2 amide bonds. The summed E-state index contributed by atoms with van der Waals surface area (Å²) in [7, 11) is 0. The zero-order valence-corrected chi connectivity index (χ0v) is 24.5. The quantitative estimate of drug-likeness (QED) is 0.486. The van der Waals surface area contributed by atoms with Crippen LogP contribution in [0.2, 0.25) is 0 Å². The number of aliphatic hydroxyl groups excluding tert-OH is 1. The van der Waals surface area contributed by atoms with Crippen LogP contribution in [-0.2, 0) is 4.74 Å². The summed E-state index contributed by atoms with van der Waals surface area (Å²) in [6, 6.07) is 1.66. The van der Waals surface area contributed by atoms with Gasteiger partial charge in [-0.2, -0.15) is 0 Å². The third-order valence-corrected chi connectivity index (χ3v) is 8.06. The monoisotopic (exact) mass is 569 g/mol. The minimum absolute atomic E-state index is 0.0369. The molecule has 1 aliphatic carbocycles. The van der Waals surface area contributed by atoms with Crippen LogP contribution in [0.25, 0.3) is 0 Å². The molecule has 2 saturated heterocycles. The van der Waals surface area contributed by atoms with Gasteiger partial charge in [-0.1, -0.05) is 25.3 Å². The molecule has 224 valence electrons. The van der Waals surface area contributed by atoms with Gasteiger partial charge in [0.25, 0.3) is 5.91 Å². The molecule has 41 heavy (non-hydrogen) atoms. The zero-order chi connectivity index (χ0) is 29.7. The van der Waals surface area contributed by atoms with Gasteiger partial charge >= 0.3 is 6.09 Å². The van der Waals surface area contributed by atoms with Gasteiger partial charge in [-0.15, -0.1) is 0 Å². The van der Waals surface area contributed by atoms with E-state index in [1.54, 1.807) is 4.90 Å². The highest BCUT2D eigenvalue weighted by molar-refractivity contribution is 5.95. The fourth-order valence-corrected chi connectivity index (χ4v) is 6.01. The van der Waals surface area contributed by atoms with E-state index in [0.29, 0.717) is 31.7 Å². The molecule has 0 spiro atoms. The number of allylic oxidation sites excluding steroid dienone is 1. The number of carbonyl (C=O) groups is 2. The number of nitrogens with one attached hydrogen (secondary N) is 2. The Bertz CT molecular complexity index is 1160. The molecule has 9 nitrogen and oxygen atoms in total. The summed E-state index contributed by atoms with van der Waals surface area (Å²) in [5.41, 5.74) is 2.07. The number of fused-ring (bicyclic) bond motifs is 2. The van der Waals surface area contributed by atoms with Crippen molar-refractivity contribution in [1.29, 1.82) is 0 Å². The molecule has 5 rings (SSSR count). The molecule has 0 radical (unpaired) electrons. The van der Waals surface area contributed by atoms with Crippen molar-refractivity contribution >= 4 is 17.8 Å². The van der Waals surface area contributed by atoms with Crippen LogP contribution in [-0.4, -0.2) is 88.4 Å². The van der Waals surface area contributed by atoms with Crippen LogP contribution in [0.4, 0.5) is 15.0 Å². The van der Waals surface area contributed by atoms with E-state index in [1.807, 2.05) is 32.9 Å². The van der Waals surface area contributed by atoms with Crippen molar-refractivity contribution in [1.82, 2.24) is 20.1 Å². The lowest BCUT2D eigenvalue weighted by atomic mass is 10.0. The molecule has 10 heteroatoms. The van der Waals surface area contributed by atoms with Gasteiger partial charge in [-0.05, 0) is 82.6 Å². The molecular weight excluding hydrogens is 525 g/mol. The third-order valence-electron chi connectivity index (χ3n) is 8.06. The van der Waals surface area contributed by atoms with Gasteiger partial charge < -0.3 is 30.3 Å². The number of amides is 2. The average molecular weight is 570 g/mol. The highest BCUT2D eigenvalue weighted by Gasteiger charge is 2.47. The first-order valence-electron chi connectivity index (χ1n) is 14.6. The van der Waals surface area contributed by atoms with Crippen molar-refractivity contribution < 1.29 is 23.8 Å². The van der Waals surface area contributed by atoms with Gasteiger partial charge in [0.15, 0.2) is 5.82 Å². The van der Waals surface area contributed by atoms with Crippen LogP contribution in [0.15, 0.2) is 48.7 Å². The Labute approximate surface area is 242 Å². The van der Waals surface area contributed by atoms with Crippen LogP contribution in [0.5, 0.6) is 0 Å². The Balaban J connectivity index is 0.000000328. The second-order valence-corrected chi connectivity index (χ2v) is 12.3. The number of rotatable bonds is 5. The number of halogens is 1. The maximum atomic E-state index is 14.4. The van der Waals surface area contributed by atoms with E-state index >= 15 is 0 Å². The predicted molar refractivity (Wildman–Crippen MR) is 157 cm³/mol. The number of likely N-dealkylation sites (tertiary alicyclic amines) is 2. The van der Waals surface area contributed by atoms with Crippen LogP contribution in [0.3, 0.4) is 0 Å². The average Bonchev–Trinajstić information content (AvgIpc) is 3.54. The van der Waals surface area contributed by atoms with Crippen LogP contribution in [0.1, 0.15) is 63.2 Å². The molecule has 3 fully saturated rings. The predicted octanol–water partition coefficient (Wildman–Crippen LogP) is 4.28. The smallest absolute Gasteiger partial charge is 0.410 e. The van der Waals surface area contributed by atoms with Gasteiger partial charge in [-0.25, -0.2) is 14.2 Å². The number of aliphatic hydroxyl groups is 1. The number of hydrogen-bond donors (Lipinski definition) is 3. The lowest BCUT2D eigenvalue weighted by Crippen LogP contribution is -2.45.